The van der Waals surface area contributed by atoms with E-state index in [9.17, 15) is 27.6 Å². The lowest BCUT2D eigenvalue weighted by atomic mass is 10.1. The van der Waals surface area contributed by atoms with Crippen LogP contribution in [0, 0.1) is 5.92 Å². The molecule has 2 heterocycles. The van der Waals surface area contributed by atoms with E-state index in [4.69, 9.17) is 0 Å². The Morgan fingerprint density at radius 3 is 2.49 bits per heavy atom. The van der Waals surface area contributed by atoms with Crippen LogP contribution in [0.15, 0.2) is 33.9 Å². The molecule has 3 aromatic rings. The molecule has 1 saturated carbocycles. The zero-order chi connectivity index (χ0) is 25.7. The van der Waals surface area contributed by atoms with Gasteiger partial charge in [-0.1, -0.05) is 13.8 Å². The van der Waals surface area contributed by atoms with Crippen molar-refractivity contribution in [3.8, 4) is 0 Å². The molecule has 4 rings (SSSR count). The Morgan fingerprint density at radius 2 is 1.91 bits per heavy atom. The fraction of sp³-hybridized carbons (Fsp3) is 0.417. The first-order chi connectivity index (χ1) is 16.4. The monoisotopic (exact) mass is 489 g/mol. The van der Waals surface area contributed by atoms with E-state index < -0.39 is 34.6 Å². The SMILES string of the molecule is CC(C)Cn1c(=O)[nH]c(=O)c2c(C(=O)Nc3ccc(N(C)C)cc3C(F)(F)F)cc(C3CC3)nc21. The van der Waals surface area contributed by atoms with Crippen LogP contribution in [-0.4, -0.2) is 34.5 Å². The van der Waals surface area contributed by atoms with E-state index in [1.54, 1.807) is 14.1 Å². The van der Waals surface area contributed by atoms with E-state index in [-0.39, 0.29) is 35.0 Å². The van der Waals surface area contributed by atoms with Gasteiger partial charge in [0.15, 0.2) is 5.65 Å². The van der Waals surface area contributed by atoms with Crippen molar-refractivity contribution in [3.63, 3.8) is 0 Å². The first-order valence-electron chi connectivity index (χ1n) is 11.2. The number of nitrogens with zero attached hydrogens (tertiary/aromatic N) is 3. The summed E-state index contributed by atoms with van der Waals surface area (Å²) in [4.78, 5) is 46.9. The first-order valence-corrected chi connectivity index (χ1v) is 11.2. The van der Waals surface area contributed by atoms with E-state index in [1.165, 1.54) is 27.7 Å². The number of benzene rings is 1. The van der Waals surface area contributed by atoms with Crippen LogP contribution in [0.4, 0.5) is 24.5 Å². The highest BCUT2D eigenvalue weighted by molar-refractivity contribution is 6.12. The minimum atomic E-state index is -4.72. The van der Waals surface area contributed by atoms with Crippen LogP contribution < -0.4 is 21.5 Å². The number of nitrogens with one attached hydrogen (secondary N) is 2. The number of hydrogen-bond donors (Lipinski definition) is 2. The van der Waals surface area contributed by atoms with Gasteiger partial charge >= 0.3 is 11.9 Å². The Balaban J connectivity index is 1.88. The number of carbonyl (C=O) groups is 1. The van der Waals surface area contributed by atoms with Crippen molar-refractivity contribution in [1.29, 1.82) is 0 Å². The van der Waals surface area contributed by atoms with E-state index in [0.717, 1.165) is 18.9 Å². The second kappa shape index (κ2) is 8.86. The van der Waals surface area contributed by atoms with E-state index in [0.29, 0.717) is 11.4 Å². The van der Waals surface area contributed by atoms with Gasteiger partial charge in [-0.15, -0.1) is 0 Å². The standard InChI is InChI=1S/C24H26F3N5O3/c1-12(2)11-32-20-19(22(34)30-23(32)35)15(10-18(28-20)13-5-6-13)21(33)29-17-8-7-14(31(3)4)9-16(17)24(25,26)27/h7-10,12-13H,5-6,11H2,1-4H3,(H,29,33)(H,30,34,35). The van der Waals surface area contributed by atoms with Gasteiger partial charge in [-0.05, 0) is 43.0 Å². The minimum absolute atomic E-state index is 0.0371. The van der Waals surface area contributed by atoms with Crippen LogP contribution >= 0.6 is 0 Å². The summed E-state index contributed by atoms with van der Waals surface area (Å²) in [7, 11) is 3.22. The van der Waals surface area contributed by atoms with Gasteiger partial charge in [-0.3, -0.25) is 19.1 Å². The average Bonchev–Trinajstić information content (AvgIpc) is 3.60. The average molecular weight is 489 g/mol. The number of carbonyl (C=O) groups excluding carboxylic acids is 1. The van der Waals surface area contributed by atoms with Crippen molar-refractivity contribution in [2.24, 2.45) is 5.92 Å². The van der Waals surface area contributed by atoms with Gasteiger partial charge in [0.1, 0.15) is 0 Å². The maximum absolute atomic E-state index is 13.8. The van der Waals surface area contributed by atoms with Crippen molar-refractivity contribution in [2.45, 2.75) is 45.3 Å². The largest absolute Gasteiger partial charge is 0.418 e. The molecule has 0 atom stereocenters. The highest BCUT2D eigenvalue weighted by atomic mass is 19.4. The number of rotatable bonds is 6. The number of anilines is 2. The summed E-state index contributed by atoms with van der Waals surface area (Å²) in [6.45, 7) is 4.02. The van der Waals surface area contributed by atoms with Gasteiger partial charge in [-0.2, -0.15) is 13.2 Å². The molecule has 1 aliphatic carbocycles. The Hall–Kier alpha value is -3.63. The number of hydrogen-bond acceptors (Lipinski definition) is 5. The number of H-pyrrole nitrogens is 1. The number of aromatic amines is 1. The van der Waals surface area contributed by atoms with Crippen molar-refractivity contribution >= 4 is 28.3 Å². The molecule has 1 amide bonds. The quantitative estimate of drug-likeness (QED) is 0.546. The lowest BCUT2D eigenvalue weighted by molar-refractivity contribution is -0.136. The maximum Gasteiger partial charge on any atom is 0.418 e. The molecule has 1 fully saturated rings. The maximum atomic E-state index is 13.8. The predicted molar refractivity (Wildman–Crippen MR) is 127 cm³/mol. The number of alkyl halides is 3. The fourth-order valence-corrected chi connectivity index (χ4v) is 3.94. The molecule has 2 aromatic heterocycles. The molecule has 35 heavy (non-hydrogen) atoms. The molecule has 0 radical (unpaired) electrons. The molecule has 1 aliphatic rings. The summed E-state index contributed by atoms with van der Waals surface area (Å²) in [5.74, 6) is -0.782. The fourth-order valence-electron chi connectivity index (χ4n) is 3.94. The summed E-state index contributed by atoms with van der Waals surface area (Å²) in [6, 6.07) is 5.03. The zero-order valence-electron chi connectivity index (χ0n) is 19.8. The molecular weight excluding hydrogens is 463 g/mol. The summed E-state index contributed by atoms with van der Waals surface area (Å²) >= 11 is 0. The molecule has 0 spiro atoms. The second-order valence-electron chi connectivity index (χ2n) is 9.41. The van der Waals surface area contributed by atoms with Gasteiger partial charge in [0.05, 0.1) is 22.2 Å². The third kappa shape index (κ3) is 4.94. The van der Waals surface area contributed by atoms with E-state index in [2.05, 4.69) is 15.3 Å². The Morgan fingerprint density at radius 1 is 1.23 bits per heavy atom. The number of fused-ring (bicyclic) bond motifs is 1. The number of halogens is 3. The molecule has 1 aromatic carbocycles. The molecule has 11 heteroatoms. The summed E-state index contributed by atoms with van der Waals surface area (Å²) < 4.78 is 42.7. The molecule has 0 aliphatic heterocycles. The van der Waals surface area contributed by atoms with E-state index >= 15 is 0 Å². The first kappa shape index (κ1) is 24.5. The number of aromatic nitrogens is 3. The van der Waals surface area contributed by atoms with Crippen LogP contribution in [0.25, 0.3) is 11.0 Å². The summed E-state index contributed by atoms with van der Waals surface area (Å²) in [6.07, 6.45) is -3.05. The van der Waals surface area contributed by atoms with Gasteiger partial charge in [0, 0.05) is 37.9 Å². The summed E-state index contributed by atoms with van der Waals surface area (Å²) in [5.41, 5.74) is -2.13. The van der Waals surface area contributed by atoms with Crippen LogP contribution in [-0.2, 0) is 12.7 Å². The zero-order valence-corrected chi connectivity index (χ0v) is 19.8. The topological polar surface area (TPSA) is 100 Å². The Labute approximate surface area is 198 Å². The third-order valence-electron chi connectivity index (χ3n) is 5.83. The van der Waals surface area contributed by atoms with Gasteiger partial charge in [-0.25, -0.2) is 9.78 Å². The third-order valence-corrected chi connectivity index (χ3v) is 5.83. The summed E-state index contributed by atoms with van der Waals surface area (Å²) in [5, 5.41) is 2.20. The molecule has 0 bridgehead atoms. The van der Waals surface area contributed by atoms with Crippen LogP contribution in [0.5, 0.6) is 0 Å². The van der Waals surface area contributed by atoms with Crippen LogP contribution in [0.1, 0.15) is 54.2 Å². The smallest absolute Gasteiger partial charge is 0.378 e. The highest BCUT2D eigenvalue weighted by Gasteiger charge is 2.35. The van der Waals surface area contributed by atoms with Gasteiger partial charge in [0.25, 0.3) is 11.5 Å². The molecule has 0 unspecified atom stereocenters. The van der Waals surface area contributed by atoms with Crippen molar-refractivity contribution < 1.29 is 18.0 Å². The number of amides is 1. The normalized spacial score (nSPS) is 13.9. The van der Waals surface area contributed by atoms with Crippen molar-refractivity contribution in [1.82, 2.24) is 14.5 Å². The molecular formula is C24H26F3N5O3. The van der Waals surface area contributed by atoms with Crippen LogP contribution in [0.3, 0.4) is 0 Å². The van der Waals surface area contributed by atoms with Gasteiger partial charge in [0.2, 0.25) is 0 Å². The molecule has 8 nitrogen and oxygen atoms in total. The van der Waals surface area contributed by atoms with E-state index in [1.807, 2.05) is 13.8 Å². The van der Waals surface area contributed by atoms with Gasteiger partial charge < -0.3 is 10.2 Å². The number of pyridine rings is 1. The Bertz CT molecular complexity index is 1420. The predicted octanol–water partition coefficient (Wildman–Crippen LogP) is 3.96. The second-order valence-corrected chi connectivity index (χ2v) is 9.41. The minimum Gasteiger partial charge on any atom is -0.378 e. The molecule has 186 valence electrons. The molecule has 0 saturated heterocycles. The van der Waals surface area contributed by atoms with Crippen molar-refractivity contribution in [3.05, 3.63) is 61.9 Å². The Kier molecular flexibility index (Phi) is 6.20. The lowest BCUT2D eigenvalue weighted by Gasteiger charge is -2.19. The molecule has 2 N–H and O–H groups in total. The lowest BCUT2D eigenvalue weighted by Crippen LogP contribution is -2.33. The highest BCUT2D eigenvalue weighted by Crippen LogP contribution is 2.40. The van der Waals surface area contributed by atoms with Crippen molar-refractivity contribution in [2.75, 3.05) is 24.3 Å². The van der Waals surface area contributed by atoms with Crippen LogP contribution in [0.2, 0.25) is 0 Å².